The Labute approximate surface area is 188 Å². The van der Waals surface area contributed by atoms with Crippen LogP contribution in [0.1, 0.15) is 24.0 Å². The highest BCUT2D eigenvalue weighted by molar-refractivity contribution is 5.75. The molecule has 3 aromatic carbocycles. The van der Waals surface area contributed by atoms with E-state index >= 15 is 0 Å². The van der Waals surface area contributed by atoms with E-state index in [2.05, 4.69) is 52.4 Å². The van der Waals surface area contributed by atoms with Crippen LogP contribution in [0.2, 0.25) is 0 Å². The molecule has 0 spiro atoms. The number of nitrogens with zero attached hydrogens (tertiary/aromatic N) is 3. The number of aliphatic hydroxyl groups excluding tert-OH is 1. The van der Waals surface area contributed by atoms with Crippen molar-refractivity contribution in [3.63, 3.8) is 0 Å². The van der Waals surface area contributed by atoms with Crippen molar-refractivity contribution in [2.24, 2.45) is 0 Å². The fraction of sp³-hybridized carbons (Fsp3) is 0.259. The Balaban J connectivity index is 1.40. The lowest BCUT2D eigenvalue weighted by Crippen LogP contribution is -2.37. The van der Waals surface area contributed by atoms with Gasteiger partial charge in [0.15, 0.2) is 0 Å². The van der Waals surface area contributed by atoms with Gasteiger partial charge in [-0.2, -0.15) is 0 Å². The summed E-state index contributed by atoms with van der Waals surface area (Å²) in [6, 6.07) is 24.7. The van der Waals surface area contributed by atoms with Gasteiger partial charge in [0.05, 0.1) is 6.10 Å². The van der Waals surface area contributed by atoms with E-state index in [1.54, 1.807) is 0 Å². The zero-order valence-electron chi connectivity index (χ0n) is 18.2. The molecule has 162 valence electrons. The van der Waals surface area contributed by atoms with E-state index in [0.717, 1.165) is 54.7 Å². The second-order valence-electron chi connectivity index (χ2n) is 8.49. The van der Waals surface area contributed by atoms with E-state index in [0.29, 0.717) is 11.8 Å². The van der Waals surface area contributed by atoms with Gasteiger partial charge in [-0.05, 0) is 66.8 Å². The van der Waals surface area contributed by atoms with Gasteiger partial charge in [-0.25, -0.2) is 0 Å². The van der Waals surface area contributed by atoms with Crippen molar-refractivity contribution in [2.75, 3.05) is 13.1 Å². The molecule has 5 heteroatoms. The van der Waals surface area contributed by atoms with Gasteiger partial charge in [0.2, 0.25) is 11.8 Å². The molecule has 0 radical (unpaired) electrons. The van der Waals surface area contributed by atoms with Crippen molar-refractivity contribution < 1.29 is 9.52 Å². The number of piperidine rings is 1. The van der Waals surface area contributed by atoms with Gasteiger partial charge in [0.1, 0.15) is 0 Å². The molecule has 5 rings (SSSR count). The van der Waals surface area contributed by atoms with E-state index in [1.165, 1.54) is 11.1 Å². The van der Waals surface area contributed by atoms with Crippen molar-refractivity contribution in [1.29, 1.82) is 0 Å². The van der Waals surface area contributed by atoms with Crippen LogP contribution < -0.4 is 0 Å². The van der Waals surface area contributed by atoms with Crippen LogP contribution in [-0.2, 0) is 6.54 Å². The summed E-state index contributed by atoms with van der Waals surface area (Å²) in [5.74, 6) is 1.05. The first-order valence-electron chi connectivity index (χ1n) is 11.2. The topological polar surface area (TPSA) is 62.4 Å². The number of rotatable bonds is 5. The van der Waals surface area contributed by atoms with E-state index in [4.69, 9.17) is 4.42 Å². The average molecular weight is 426 g/mol. The van der Waals surface area contributed by atoms with Gasteiger partial charge in [-0.1, -0.05) is 54.6 Å². The molecule has 32 heavy (non-hydrogen) atoms. The Morgan fingerprint density at radius 1 is 0.906 bits per heavy atom. The monoisotopic (exact) mass is 425 g/mol. The van der Waals surface area contributed by atoms with Gasteiger partial charge in [-0.15, -0.1) is 10.2 Å². The first-order valence-corrected chi connectivity index (χ1v) is 11.2. The van der Waals surface area contributed by atoms with Crippen LogP contribution in [0.25, 0.3) is 34.0 Å². The Hall–Kier alpha value is -3.28. The molecule has 1 unspecified atom stereocenters. The van der Waals surface area contributed by atoms with Crippen molar-refractivity contribution in [3.8, 4) is 34.0 Å². The summed E-state index contributed by atoms with van der Waals surface area (Å²) in [5.41, 5.74) is 6.49. The molecular formula is C27H27N3O2. The van der Waals surface area contributed by atoms with Gasteiger partial charge in [0, 0.05) is 24.2 Å². The molecule has 1 aliphatic heterocycles. The maximum Gasteiger partial charge on any atom is 0.248 e. The molecule has 0 aliphatic carbocycles. The maximum absolute atomic E-state index is 9.94. The molecule has 1 aromatic heterocycles. The molecule has 0 amide bonds. The standard InChI is InChI=1S/C27H27N3O2/c1-19-24(21-9-3-2-4-10-21)13-6-14-25(19)27-29-28-26(32-27)22-11-5-8-20(16-22)17-30-15-7-12-23(31)18-30/h2-6,8-11,13-14,16,23,31H,7,12,15,17-18H2,1H3. The molecule has 5 nitrogen and oxygen atoms in total. The minimum Gasteiger partial charge on any atom is -0.416 e. The summed E-state index contributed by atoms with van der Waals surface area (Å²) in [5, 5.41) is 18.6. The van der Waals surface area contributed by atoms with Crippen LogP contribution in [0.15, 0.2) is 77.2 Å². The van der Waals surface area contributed by atoms with E-state index in [-0.39, 0.29) is 6.10 Å². The lowest BCUT2D eigenvalue weighted by Gasteiger charge is -2.30. The molecule has 0 bridgehead atoms. The van der Waals surface area contributed by atoms with Gasteiger partial charge < -0.3 is 9.52 Å². The summed E-state index contributed by atoms with van der Waals surface area (Å²) >= 11 is 0. The predicted octanol–water partition coefficient (Wildman–Crippen LogP) is 5.34. The predicted molar refractivity (Wildman–Crippen MR) is 126 cm³/mol. The fourth-order valence-electron chi connectivity index (χ4n) is 4.48. The van der Waals surface area contributed by atoms with Gasteiger partial charge >= 0.3 is 0 Å². The van der Waals surface area contributed by atoms with Crippen LogP contribution in [0.4, 0.5) is 0 Å². The summed E-state index contributed by atoms with van der Waals surface area (Å²) in [6.45, 7) is 4.65. The molecule has 1 aliphatic rings. The second kappa shape index (κ2) is 9.07. The highest BCUT2D eigenvalue weighted by Crippen LogP contribution is 2.32. The summed E-state index contributed by atoms with van der Waals surface area (Å²) in [6.07, 6.45) is 1.71. The molecule has 1 N–H and O–H groups in total. The summed E-state index contributed by atoms with van der Waals surface area (Å²) < 4.78 is 6.11. The largest absolute Gasteiger partial charge is 0.416 e. The molecular weight excluding hydrogens is 398 g/mol. The van der Waals surface area contributed by atoms with Crippen LogP contribution in [0.5, 0.6) is 0 Å². The van der Waals surface area contributed by atoms with Crippen molar-refractivity contribution in [3.05, 3.63) is 83.9 Å². The average Bonchev–Trinajstić information content (AvgIpc) is 3.30. The minimum atomic E-state index is -0.222. The second-order valence-corrected chi connectivity index (χ2v) is 8.49. The van der Waals surface area contributed by atoms with Crippen molar-refractivity contribution in [2.45, 2.75) is 32.4 Å². The fourth-order valence-corrected chi connectivity index (χ4v) is 4.48. The molecule has 1 fully saturated rings. The molecule has 1 atom stereocenters. The smallest absolute Gasteiger partial charge is 0.248 e. The summed E-state index contributed by atoms with van der Waals surface area (Å²) in [4.78, 5) is 2.30. The van der Waals surface area contributed by atoms with Gasteiger partial charge in [0.25, 0.3) is 0 Å². The van der Waals surface area contributed by atoms with Crippen LogP contribution in [0.3, 0.4) is 0 Å². The van der Waals surface area contributed by atoms with E-state index in [9.17, 15) is 5.11 Å². The Bertz CT molecular complexity index is 1200. The number of β-amino-alcohol motifs (C(OH)–C–C–N with tert-alkyl or cyclic N) is 1. The maximum atomic E-state index is 9.94. The third-order valence-electron chi connectivity index (χ3n) is 6.13. The van der Waals surface area contributed by atoms with Crippen LogP contribution in [-0.4, -0.2) is 39.4 Å². The van der Waals surface area contributed by atoms with E-state index < -0.39 is 0 Å². The molecule has 2 heterocycles. The highest BCUT2D eigenvalue weighted by atomic mass is 16.4. The number of hydrogen-bond donors (Lipinski definition) is 1. The normalized spacial score (nSPS) is 16.9. The van der Waals surface area contributed by atoms with Crippen LogP contribution >= 0.6 is 0 Å². The zero-order valence-corrected chi connectivity index (χ0v) is 18.2. The SMILES string of the molecule is Cc1c(-c2ccccc2)cccc1-c1nnc(-c2cccc(CN3CCCC(O)C3)c2)o1. The summed E-state index contributed by atoms with van der Waals surface area (Å²) in [7, 11) is 0. The lowest BCUT2D eigenvalue weighted by atomic mass is 9.96. The van der Waals surface area contributed by atoms with E-state index in [1.807, 2.05) is 42.5 Å². The lowest BCUT2D eigenvalue weighted by molar-refractivity contribution is 0.0668. The first kappa shape index (κ1) is 20.6. The molecule has 1 saturated heterocycles. The van der Waals surface area contributed by atoms with Gasteiger partial charge in [-0.3, -0.25) is 4.90 Å². The highest BCUT2D eigenvalue weighted by Gasteiger charge is 2.19. The molecule has 0 saturated carbocycles. The number of aliphatic hydroxyl groups is 1. The quantitative estimate of drug-likeness (QED) is 0.468. The Kier molecular flexibility index (Phi) is 5.84. The number of hydrogen-bond acceptors (Lipinski definition) is 5. The zero-order chi connectivity index (χ0) is 21.9. The van der Waals surface area contributed by atoms with Crippen molar-refractivity contribution in [1.82, 2.24) is 15.1 Å². The Morgan fingerprint density at radius 3 is 2.50 bits per heavy atom. The van der Waals surface area contributed by atoms with Crippen molar-refractivity contribution >= 4 is 0 Å². The molecule has 4 aromatic rings. The van der Waals surface area contributed by atoms with Crippen LogP contribution in [0, 0.1) is 6.92 Å². The number of benzene rings is 3. The first-order chi connectivity index (χ1) is 15.7. The minimum absolute atomic E-state index is 0.222. The third kappa shape index (κ3) is 4.35. The number of aromatic nitrogens is 2. The Morgan fingerprint density at radius 2 is 1.66 bits per heavy atom. The number of likely N-dealkylation sites (tertiary alicyclic amines) is 1. The third-order valence-corrected chi connectivity index (χ3v) is 6.13.